The minimum atomic E-state index is -0.00809. The summed E-state index contributed by atoms with van der Waals surface area (Å²) in [6, 6.07) is 6.15. The molecule has 0 aromatic heterocycles. The first-order chi connectivity index (χ1) is 13.6. The van der Waals surface area contributed by atoms with E-state index in [2.05, 4.69) is 53.8 Å². The number of likely N-dealkylation sites (N-methyl/N-ethyl adjacent to an activating group) is 1. The Morgan fingerprint density at radius 2 is 2.00 bits per heavy atom. The summed E-state index contributed by atoms with van der Waals surface area (Å²) >= 11 is 0. The summed E-state index contributed by atoms with van der Waals surface area (Å²) in [5, 5.41) is 6.65. The van der Waals surface area contributed by atoms with Gasteiger partial charge in [-0.3, -0.25) is 9.79 Å². The molecule has 1 aromatic rings. The molecule has 1 amide bonds. The standard InChI is InChI=1S/C23H28N4O/c1-16-13-18-15-19(14-16)23(28)25-10-12-27(2)11-9-24-21-8-4-6-17-5-3-7-20(18)22(17)26-21/h4,7-8,13-15H,3,5-6,9-12H2,1-2H3,(H,24,26)(H,25,28). The third-order valence-electron chi connectivity index (χ3n) is 5.50. The highest BCUT2D eigenvalue weighted by Gasteiger charge is 2.21. The van der Waals surface area contributed by atoms with Crippen molar-refractivity contribution in [2.24, 2.45) is 4.99 Å². The van der Waals surface area contributed by atoms with Crippen LogP contribution in [0, 0.1) is 6.92 Å². The molecule has 1 aliphatic carbocycles. The van der Waals surface area contributed by atoms with Crippen LogP contribution in [0.15, 0.2) is 52.7 Å². The monoisotopic (exact) mass is 376 g/mol. The predicted molar refractivity (Wildman–Crippen MR) is 114 cm³/mol. The van der Waals surface area contributed by atoms with Crippen LogP contribution in [-0.2, 0) is 0 Å². The molecule has 0 atom stereocenters. The van der Waals surface area contributed by atoms with Crippen LogP contribution in [0.1, 0.15) is 40.7 Å². The van der Waals surface area contributed by atoms with Gasteiger partial charge in [0.2, 0.25) is 0 Å². The normalized spacial score (nSPS) is 20.9. The first-order valence-corrected chi connectivity index (χ1v) is 10.1. The van der Waals surface area contributed by atoms with Crippen LogP contribution in [0.4, 0.5) is 0 Å². The van der Waals surface area contributed by atoms with Gasteiger partial charge in [-0.15, -0.1) is 0 Å². The van der Waals surface area contributed by atoms with Crippen molar-refractivity contribution in [3.8, 4) is 0 Å². The zero-order valence-corrected chi connectivity index (χ0v) is 16.7. The largest absolute Gasteiger partial charge is 0.351 e. The van der Waals surface area contributed by atoms with Crippen molar-refractivity contribution in [2.75, 3.05) is 33.2 Å². The summed E-state index contributed by atoms with van der Waals surface area (Å²) in [5.41, 5.74) is 6.67. The Morgan fingerprint density at radius 1 is 1.14 bits per heavy atom. The van der Waals surface area contributed by atoms with E-state index in [4.69, 9.17) is 4.99 Å². The number of carbonyl (C=O) groups is 1. The number of fused-ring (bicyclic) bond motifs is 4. The maximum absolute atomic E-state index is 12.7. The first-order valence-electron chi connectivity index (χ1n) is 10.1. The number of carbonyl (C=O) groups excluding carboxylic acids is 1. The maximum Gasteiger partial charge on any atom is 0.251 e. The van der Waals surface area contributed by atoms with E-state index in [0.29, 0.717) is 6.54 Å². The lowest BCUT2D eigenvalue weighted by molar-refractivity contribution is 0.0950. The molecule has 4 rings (SSSR count). The van der Waals surface area contributed by atoms with E-state index in [-0.39, 0.29) is 5.91 Å². The van der Waals surface area contributed by atoms with Crippen LogP contribution in [-0.4, -0.2) is 49.9 Å². The number of aliphatic imine (C=N–C) groups is 1. The van der Waals surface area contributed by atoms with Crippen molar-refractivity contribution < 1.29 is 4.79 Å². The van der Waals surface area contributed by atoms with Crippen molar-refractivity contribution in [3.05, 3.63) is 64.4 Å². The lowest BCUT2D eigenvalue weighted by Gasteiger charge is -2.23. The second kappa shape index (κ2) is 8.15. The van der Waals surface area contributed by atoms with Crippen LogP contribution in [0.5, 0.6) is 0 Å². The molecular weight excluding hydrogens is 348 g/mol. The van der Waals surface area contributed by atoms with Gasteiger partial charge in [0, 0.05) is 36.5 Å². The highest BCUT2D eigenvalue weighted by atomic mass is 16.1. The number of allylic oxidation sites excluding steroid dienone is 4. The quantitative estimate of drug-likeness (QED) is 0.732. The molecule has 2 aliphatic heterocycles. The van der Waals surface area contributed by atoms with Gasteiger partial charge in [-0.1, -0.05) is 18.2 Å². The maximum atomic E-state index is 12.7. The summed E-state index contributed by atoms with van der Waals surface area (Å²) in [6.07, 6.45) is 9.62. The van der Waals surface area contributed by atoms with Crippen LogP contribution < -0.4 is 10.6 Å². The summed E-state index contributed by atoms with van der Waals surface area (Å²) in [5.74, 6) is 0.911. The van der Waals surface area contributed by atoms with Gasteiger partial charge in [-0.05, 0) is 68.1 Å². The molecule has 0 saturated heterocycles. The first kappa shape index (κ1) is 18.7. The van der Waals surface area contributed by atoms with Gasteiger partial charge in [-0.2, -0.15) is 0 Å². The summed E-state index contributed by atoms with van der Waals surface area (Å²) in [6.45, 7) is 5.07. The van der Waals surface area contributed by atoms with Gasteiger partial charge in [0.05, 0.1) is 6.54 Å². The van der Waals surface area contributed by atoms with Gasteiger partial charge < -0.3 is 15.5 Å². The lowest BCUT2D eigenvalue weighted by atomic mass is 9.88. The number of amides is 1. The van der Waals surface area contributed by atoms with Crippen LogP contribution in [0.25, 0.3) is 5.57 Å². The van der Waals surface area contributed by atoms with Gasteiger partial charge in [-0.25, -0.2) is 0 Å². The van der Waals surface area contributed by atoms with E-state index in [0.717, 1.165) is 67.1 Å². The van der Waals surface area contributed by atoms with Gasteiger partial charge in [0.15, 0.2) is 0 Å². The van der Waals surface area contributed by atoms with Crippen molar-refractivity contribution in [1.29, 1.82) is 0 Å². The van der Waals surface area contributed by atoms with Gasteiger partial charge >= 0.3 is 0 Å². The van der Waals surface area contributed by atoms with Crippen molar-refractivity contribution >= 4 is 17.3 Å². The fourth-order valence-corrected chi connectivity index (χ4v) is 3.99. The average molecular weight is 377 g/mol. The number of benzene rings is 1. The molecule has 5 nitrogen and oxygen atoms in total. The fraction of sp³-hybridized carbons (Fsp3) is 0.391. The SMILES string of the molecule is Cc1cc2cc(c1)C1=CCCC3=C1NC(=NCCN(C)CCNC2=O)C=CC3. The van der Waals surface area contributed by atoms with Crippen molar-refractivity contribution in [1.82, 2.24) is 15.5 Å². The van der Waals surface area contributed by atoms with Gasteiger partial charge in [0.25, 0.3) is 5.91 Å². The molecule has 0 spiro atoms. The Labute approximate surface area is 166 Å². The molecule has 146 valence electrons. The lowest BCUT2D eigenvalue weighted by Crippen LogP contribution is -2.34. The summed E-state index contributed by atoms with van der Waals surface area (Å²) in [7, 11) is 2.06. The Bertz CT molecular complexity index is 907. The minimum absolute atomic E-state index is 0.00809. The summed E-state index contributed by atoms with van der Waals surface area (Å²) < 4.78 is 0. The Kier molecular flexibility index (Phi) is 5.44. The average Bonchev–Trinajstić information content (AvgIpc) is 2.88. The van der Waals surface area contributed by atoms with Crippen LogP contribution in [0.2, 0.25) is 0 Å². The highest BCUT2D eigenvalue weighted by molar-refractivity contribution is 6.00. The van der Waals surface area contributed by atoms with Crippen molar-refractivity contribution in [2.45, 2.75) is 26.2 Å². The number of hydrogen-bond acceptors (Lipinski definition) is 4. The molecule has 28 heavy (non-hydrogen) atoms. The predicted octanol–water partition coefficient (Wildman–Crippen LogP) is 3.05. The molecule has 4 bridgehead atoms. The molecule has 0 fully saturated rings. The molecule has 0 saturated carbocycles. The fourth-order valence-electron chi connectivity index (χ4n) is 3.99. The van der Waals surface area contributed by atoms with E-state index in [1.165, 1.54) is 11.1 Å². The second-order valence-corrected chi connectivity index (χ2v) is 7.78. The molecule has 5 heteroatoms. The number of nitrogens with zero attached hydrogens (tertiary/aromatic N) is 2. The molecule has 0 unspecified atom stereocenters. The van der Waals surface area contributed by atoms with E-state index >= 15 is 0 Å². The van der Waals surface area contributed by atoms with E-state index in [1.54, 1.807) is 0 Å². The van der Waals surface area contributed by atoms with E-state index in [9.17, 15) is 4.79 Å². The third kappa shape index (κ3) is 4.09. The van der Waals surface area contributed by atoms with E-state index < -0.39 is 0 Å². The van der Waals surface area contributed by atoms with Crippen molar-refractivity contribution in [3.63, 3.8) is 0 Å². The number of rotatable bonds is 0. The highest BCUT2D eigenvalue weighted by Crippen LogP contribution is 2.34. The Balaban J connectivity index is 1.79. The van der Waals surface area contributed by atoms with Crippen LogP contribution >= 0.6 is 0 Å². The number of hydrogen-bond donors (Lipinski definition) is 2. The Hall–Kier alpha value is -2.66. The molecule has 1 aromatic carbocycles. The molecule has 2 heterocycles. The van der Waals surface area contributed by atoms with E-state index in [1.807, 2.05) is 12.1 Å². The second-order valence-electron chi connectivity index (χ2n) is 7.78. The molecule has 2 N–H and O–H groups in total. The molecular formula is C23H28N4O. The van der Waals surface area contributed by atoms with Crippen LogP contribution in [0.3, 0.4) is 0 Å². The number of nitrogens with one attached hydrogen (secondary N) is 2. The smallest absolute Gasteiger partial charge is 0.251 e. The minimum Gasteiger partial charge on any atom is -0.351 e. The number of aryl methyl sites for hydroxylation is 1. The Morgan fingerprint density at radius 3 is 2.89 bits per heavy atom. The topological polar surface area (TPSA) is 56.7 Å². The molecule has 3 aliphatic rings. The van der Waals surface area contributed by atoms with Gasteiger partial charge in [0.1, 0.15) is 5.84 Å². The number of amidine groups is 1. The zero-order chi connectivity index (χ0) is 19.5. The third-order valence-corrected chi connectivity index (χ3v) is 5.50. The summed E-state index contributed by atoms with van der Waals surface area (Å²) in [4.78, 5) is 19.7. The zero-order valence-electron chi connectivity index (χ0n) is 16.7. The molecule has 0 radical (unpaired) electrons.